The first kappa shape index (κ1) is 15.9. The highest BCUT2D eigenvalue weighted by atomic mass is 16.5. The fraction of sp³-hybridized carbons (Fsp3) is 0.778. The van der Waals surface area contributed by atoms with Gasteiger partial charge in [-0.1, -0.05) is 5.16 Å². The summed E-state index contributed by atoms with van der Waals surface area (Å²) in [5.74, 6) is 0.934. The Morgan fingerprint density at radius 3 is 2.83 bits per heavy atom. The van der Waals surface area contributed by atoms with E-state index in [0.29, 0.717) is 6.04 Å². The molecule has 0 bridgehead atoms. The number of aryl methyl sites for hydroxylation is 2. The lowest BCUT2D eigenvalue weighted by Crippen LogP contribution is -2.46. The molecule has 1 spiro atoms. The molecular weight excluding hydrogens is 304 g/mol. The maximum Gasteiger partial charge on any atom is 0.317 e. The van der Waals surface area contributed by atoms with Crippen LogP contribution in [0.1, 0.15) is 49.1 Å². The molecule has 24 heavy (non-hydrogen) atoms. The third kappa shape index (κ3) is 3.16. The predicted molar refractivity (Wildman–Crippen MR) is 90.7 cm³/mol. The van der Waals surface area contributed by atoms with Crippen LogP contribution in [0.15, 0.2) is 4.52 Å². The molecule has 132 valence electrons. The van der Waals surface area contributed by atoms with Crippen molar-refractivity contribution in [3.8, 4) is 0 Å². The molecule has 0 radical (unpaired) electrons. The molecule has 1 aromatic heterocycles. The number of hydrogen-bond acceptors (Lipinski definition) is 4. The topological polar surface area (TPSA) is 61.6 Å². The number of carbonyl (C=O) groups excluding carboxylic acids is 1. The summed E-state index contributed by atoms with van der Waals surface area (Å²) in [5.41, 5.74) is 2.51. The highest BCUT2D eigenvalue weighted by molar-refractivity contribution is 5.75. The quantitative estimate of drug-likeness (QED) is 0.923. The maximum absolute atomic E-state index is 12.3. The SMILES string of the molecule is Cc1noc(C)c1CN1CCC[C@]2(CCN(C(=O)NC3CC3)C2)C1. The Morgan fingerprint density at radius 1 is 1.29 bits per heavy atom. The molecule has 2 aliphatic heterocycles. The third-order valence-corrected chi connectivity index (χ3v) is 5.93. The molecule has 3 aliphatic rings. The molecule has 0 aromatic carbocycles. The number of likely N-dealkylation sites (tertiary alicyclic amines) is 2. The van der Waals surface area contributed by atoms with Crippen LogP contribution in [0.5, 0.6) is 0 Å². The van der Waals surface area contributed by atoms with Crippen molar-refractivity contribution < 1.29 is 9.32 Å². The van der Waals surface area contributed by atoms with Gasteiger partial charge in [0.05, 0.1) is 5.69 Å². The lowest BCUT2D eigenvalue weighted by atomic mass is 9.79. The van der Waals surface area contributed by atoms with E-state index in [9.17, 15) is 4.79 Å². The van der Waals surface area contributed by atoms with Crippen LogP contribution in [0.2, 0.25) is 0 Å². The number of aromatic nitrogens is 1. The van der Waals surface area contributed by atoms with Gasteiger partial charge in [-0.3, -0.25) is 4.90 Å². The summed E-state index contributed by atoms with van der Waals surface area (Å²) in [5, 5.41) is 7.21. The van der Waals surface area contributed by atoms with E-state index >= 15 is 0 Å². The standard InChI is InChI=1S/C18H28N4O2/c1-13-16(14(2)24-20-13)10-21-8-3-6-18(11-21)7-9-22(12-18)17(23)19-15-4-5-15/h15H,3-12H2,1-2H3,(H,19,23)/t18-/m0/s1. The first-order valence-corrected chi connectivity index (χ1v) is 9.24. The molecule has 6 heteroatoms. The van der Waals surface area contributed by atoms with Crippen LogP contribution >= 0.6 is 0 Å². The number of nitrogens with one attached hydrogen (secondary N) is 1. The van der Waals surface area contributed by atoms with Crippen molar-refractivity contribution in [2.75, 3.05) is 26.2 Å². The normalized spacial score (nSPS) is 27.8. The largest absolute Gasteiger partial charge is 0.361 e. The van der Waals surface area contributed by atoms with Gasteiger partial charge in [-0.2, -0.15) is 0 Å². The summed E-state index contributed by atoms with van der Waals surface area (Å²) in [6.07, 6.45) is 5.87. The van der Waals surface area contributed by atoms with Crippen molar-refractivity contribution in [2.45, 2.75) is 58.5 Å². The first-order chi connectivity index (χ1) is 11.5. The zero-order valence-corrected chi connectivity index (χ0v) is 14.8. The van der Waals surface area contributed by atoms with E-state index in [4.69, 9.17) is 4.52 Å². The highest BCUT2D eigenvalue weighted by Gasteiger charge is 2.43. The molecule has 4 rings (SSSR count). The van der Waals surface area contributed by atoms with Crippen LogP contribution in [0, 0.1) is 19.3 Å². The summed E-state index contributed by atoms with van der Waals surface area (Å²) < 4.78 is 5.31. The van der Waals surface area contributed by atoms with Crippen molar-refractivity contribution in [2.24, 2.45) is 5.41 Å². The Bertz CT molecular complexity index is 605. The van der Waals surface area contributed by atoms with Gasteiger partial charge in [0.2, 0.25) is 0 Å². The van der Waals surface area contributed by atoms with E-state index in [1.165, 1.54) is 18.4 Å². The predicted octanol–water partition coefficient (Wildman–Crippen LogP) is 2.45. The fourth-order valence-electron chi connectivity index (χ4n) is 4.33. The molecule has 6 nitrogen and oxygen atoms in total. The summed E-state index contributed by atoms with van der Waals surface area (Å²) >= 11 is 0. The van der Waals surface area contributed by atoms with Gasteiger partial charge >= 0.3 is 6.03 Å². The van der Waals surface area contributed by atoms with Crippen LogP contribution in [0.4, 0.5) is 4.79 Å². The molecule has 3 heterocycles. The van der Waals surface area contributed by atoms with Crippen molar-refractivity contribution in [1.29, 1.82) is 0 Å². The van der Waals surface area contributed by atoms with Crippen molar-refractivity contribution >= 4 is 6.03 Å². The Kier molecular flexibility index (Phi) is 4.03. The molecular formula is C18H28N4O2. The molecule has 0 unspecified atom stereocenters. The average molecular weight is 332 g/mol. The van der Waals surface area contributed by atoms with E-state index in [-0.39, 0.29) is 11.4 Å². The van der Waals surface area contributed by atoms with E-state index in [1.807, 2.05) is 18.7 Å². The Balaban J connectivity index is 1.38. The van der Waals surface area contributed by atoms with Crippen LogP contribution < -0.4 is 5.32 Å². The Labute approximate surface area is 143 Å². The van der Waals surface area contributed by atoms with E-state index in [2.05, 4.69) is 15.4 Å². The van der Waals surface area contributed by atoms with Crippen LogP contribution in [-0.4, -0.2) is 53.2 Å². The molecule has 1 aromatic rings. The van der Waals surface area contributed by atoms with E-state index in [1.54, 1.807) is 0 Å². The van der Waals surface area contributed by atoms with Crippen molar-refractivity contribution in [3.05, 3.63) is 17.0 Å². The van der Waals surface area contributed by atoms with Crippen molar-refractivity contribution in [1.82, 2.24) is 20.3 Å². The zero-order valence-electron chi connectivity index (χ0n) is 14.8. The fourth-order valence-corrected chi connectivity index (χ4v) is 4.33. The number of urea groups is 1. The van der Waals surface area contributed by atoms with Crippen LogP contribution in [0.25, 0.3) is 0 Å². The summed E-state index contributed by atoms with van der Waals surface area (Å²) in [7, 11) is 0. The molecule has 2 amide bonds. The van der Waals surface area contributed by atoms with Gasteiger partial charge in [0.25, 0.3) is 0 Å². The highest BCUT2D eigenvalue weighted by Crippen LogP contribution is 2.39. The van der Waals surface area contributed by atoms with Crippen molar-refractivity contribution in [3.63, 3.8) is 0 Å². The molecule has 1 aliphatic carbocycles. The van der Waals surface area contributed by atoms with E-state index < -0.39 is 0 Å². The zero-order chi connectivity index (χ0) is 16.7. The summed E-state index contributed by atoms with van der Waals surface area (Å²) in [6.45, 7) is 8.93. The van der Waals surface area contributed by atoms with Gasteiger partial charge in [-0.05, 0) is 52.5 Å². The number of piperidine rings is 1. The first-order valence-electron chi connectivity index (χ1n) is 9.24. The average Bonchev–Trinajstić information content (AvgIpc) is 3.21. The molecule has 2 saturated heterocycles. The smallest absolute Gasteiger partial charge is 0.317 e. The van der Waals surface area contributed by atoms with E-state index in [0.717, 1.165) is 63.4 Å². The second-order valence-electron chi connectivity index (χ2n) is 8.01. The minimum absolute atomic E-state index is 0.150. The number of nitrogens with zero attached hydrogens (tertiary/aromatic N) is 3. The van der Waals surface area contributed by atoms with Gasteiger partial charge < -0.3 is 14.7 Å². The van der Waals surface area contributed by atoms with Gasteiger partial charge in [0, 0.05) is 43.2 Å². The van der Waals surface area contributed by atoms with Gasteiger partial charge in [0.1, 0.15) is 5.76 Å². The minimum atomic E-state index is 0.150. The molecule has 1 atom stereocenters. The second kappa shape index (κ2) is 6.06. The third-order valence-electron chi connectivity index (χ3n) is 5.93. The lowest BCUT2D eigenvalue weighted by Gasteiger charge is -2.40. The monoisotopic (exact) mass is 332 g/mol. The van der Waals surface area contributed by atoms with Gasteiger partial charge in [0.15, 0.2) is 0 Å². The second-order valence-corrected chi connectivity index (χ2v) is 8.01. The summed E-state index contributed by atoms with van der Waals surface area (Å²) in [6, 6.07) is 0.591. The van der Waals surface area contributed by atoms with Gasteiger partial charge in [-0.15, -0.1) is 0 Å². The maximum atomic E-state index is 12.3. The lowest BCUT2D eigenvalue weighted by molar-refractivity contribution is 0.0893. The van der Waals surface area contributed by atoms with Crippen LogP contribution in [0.3, 0.4) is 0 Å². The van der Waals surface area contributed by atoms with Crippen LogP contribution in [-0.2, 0) is 6.54 Å². The molecule has 1 saturated carbocycles. The van der Waals surface area contributed by atoms with Gasteiger partial charge in [-0.25, -0.2) is 4.79 Å². The summed E-state index contributed by atoms with van der Waals surface area (Å²) in [4.78, 5) is 16.9. The Hall–Kier alpha value is -1.56. The minimum Gasteiger partial charge on any atom is -0.361 e. The number of hydrogen-bond donors (Lipinski definition) is 1. The molecule has 1 N–H and O–H groups in total. The number of rotatable bonds is 3. The number of carbonyl (C=O) groups is 1. The Morgan fingerprint density at radius 2 is 2.12 bits per heavy atom. The molecule has 3 fully saturated rings. The number of amides is 2.